The number of fused-ring (bicyclic) bond motifs is 1. The molecule has 0 radical (unpaired) electrons. The molecule has 0 fully saturated rings. The van der Waals surface area contributed by atoms with E-state index in [1.807, 2.05) is 0 Å². The van der Waals surface area contributed by atoms with Crippen LogP contribution in [0.25, 0.3) is 0 Å². The third-order valence-corrected chi connectivity index (χ3v) is 4.76. The standard InChI is InChI=1S/C16H20N4S/c1-11-6-8-12(9-7-11)21-10-15-18-14-5-3-2-4-13(14)16(19-15)20-17/h6-9H,2-5,10,17H2,1H3,(H,18,19,20). The number of hydrazine groups is 1. The molecule has 2 aromatic rings. The Labute approximate surface area is 129 Å². The number of nitrogen functional groups attached to an aromatic ring is 1. The van der Waals surface area contributed by atoms with E-state index in [4.69, 9.17) is 10.8 Å². The Hall–Kier alpha value is -1.59. The molecule has 110 valence electrons. The summed E-state index contributed by atoms with van der Waals surface area (Å²) in [7, 11) is 0. The number of hydrogen-bond donors (Lipinski definition) is 2. The first-order valence-electron chi connectivity index (χ1n) is 7.31. The molecule has 1 aromatic carbocycles. The summed E-state index contributed by atoms with van der Waals surface area (Å²) < 4.78 is 0. The molecule has 5 heteroatoms. The van der Waals surface area contributed by atoms with Gasteiger partial charge in [0.1, 0.15) is 11.6 Å². The van der Waals surface area contributed by atoms with Gasteiger partial charge < -0.3 is 5.43 Å². The number of rotatable bonds is 4. The zero-order chi connectivity index (χ0) is 14.7. The number of benzene rings is 1. The third-order valence-electron chi connectivity index (χ3n) is 3.76. The van der Waals surface area contributed by atoms with Gasteiger partial charge >= 0.3 is 0 Å². The predicted molar refractivity (Wildman–Crippen MR) is 87.2 cm³/mol. The van der Waals surface area contributed by atoms with Crippen molar-refractivity contribution in [2.45, 2.75) is 43.3 Å². The van der Waals surface area contributed by atoms with Crippen LogP contribution >= 0.6 is 11.8 Å². The number of nitrogens with one attached hydrogen (secondary N) is 1. The minimum Gasteiger partial charge on any atom is -0.308 e. The minimum atomic E-state index is 0.769. The Morgan fingerprint density at radius 3 is 2.67 bits per heavy atom. The van der Waals surface area contributed by atoms with Gasteiger partial charge in [-0.3, -0.25) is 0 Å². The highest BCUT2D eigenvalue weighted by Gasteiger charge is 2.17. The second-order valence-electron chi connectivity index (χ2n) is 5.37. The van der Waals surface area contributed by atoms with Gasteiger partial charge in [0, 0.05) is 16.2 Å². The zero-order valence-electron chi connectivity index (χ0n) is 12.2. The lowest BCUT2D eigenvalue weighted by Gasteiger charge is -2.18. The van der Waals surface area contributed by atoms with Gasteiger partial charge in [-0.25, -0.2) is 15.8 Å². The van der Waals surface area contributed by atoms with Gasteiger partial charge in [0.25, 0.3) is 0 Å². The fraction of sp³-hybridized carbons (Fsp3) is 0.375. The van der Waals surface area contributed by atoms with Crippen LogP contribution in [0.4, 0.5) is 5.82 Å². The molecule has 0 amide bonds. The number of aromatic nitrogens is 2. The lowest BCUT2D eigenvalue weighted by molar-refractivity contribution is 0.659. The highest BCUT2D eigenvalue weighted by Crippen LogP contribution is 2.27. The molecule has 0 aliphatic heterocycles. The molecule has 1 aliphatic rings. The molecule has 1 heterocycles. The smallest absolute Gasteiger partial charge is 0.147 e. The lowest BCUT2D eigenvalue weighted by atomic mass is 9.96. The highest BCUT2D eigenvalue weighted by molar-refractivity contribution is 7.98. The first-order valence-corrected chi connectivity index (χ1v) is 8.29. The van der Waals surface area contributed by atoms with E-state index in [9.17, 15) is 0 Å². The number of aryl methyl sites for hydroxylation is 2. The molecule has 3 rings (SSSR count). The lowest BCUT2D eigenvalue weighted by Crippen LogP contribution is -2.17. The number of hydrogen-bond acceptors (Lipinski definition) is 5. The van der Waals surface area contributed by atoms with Crippen LogP contribution in [0.1, 0.15) is 35.5 Å². The minimum absolute atomic E-state index is 0.769. The Kier molecular flexibility index (Phi) is 4.41. The molecule has 4 nitrogen and oxygen atoms in total. The van der Waals surface area contributed by atoms with Crippen LogP contribution in [0.3, 0.4) is 0 Å². The quantitative estimate of drug-likeness (QED) is 0.515. The van der Waals surface area contributed by atoms with Crippen LogP contribution in [0.15, 0.2) is 29.2 Å². The van der Waals surface area contributed by atoms with Crippen molar-refractivity contribution in [3.05, 3.63) is 46.9 Å². The first-order chi connectivity index (χ1) is 10.3. The molecule has 1 aromatic heterocycles. The molecule has 0 saturated heterocycles. The number of nitrogens with zero attached hydrogens (tertiary/aromatic N) is 2. The molecule has 0 saturated carbocycles. The summed E-state index contributed by atoms with van der Waals surface area (Å²) >= 11 is 1.76. The molecule has 21 heavy (non-hydrogen) atoms. The summed E-state index contributed by atoms with van der Waals surface area (Å²) in [6.07, 6.45) is 4.47. The van der Waals surface area contributed by atoms with E-state index in [2.05, 4.69) is 41.6 Å². The van der Waals surface area contributed by atoms with E-state index in [-0.39, 0.29) is 0 Å². The topological polar surface area (TPSA) is 63.8 Å². The Bertz CT molecular complexity index is 608. The third kappa shape index (κ3) is 3.36. The van der Waals surface area contributed by atoms with E-state index < -0.39 is 0 Å². The van der Waals surface area contributed by atoms with Crippen molar-refractivity contribution in [3.8, 4) is 0 Å². The van der Waals surface area contributed by atoms with Crippen molar-refractivity contribution >= 4 is 17.6 Å². The Morgan fingerprint density at radius 1 is 1.14 bits per heavy atom. The summed E-state index contributed by atoms with van der Waals surface area (Å²) in [5.74, 6) is 8.05. The first kappa shape index (κ1) is 14.4. The number of thioether (sulfide) groups is 1. The molecule has 1 aliphatic carbocycles. The van der Waals surface area contributed by atoms with Gasteiger partial charge in [-0.1, -0.05) is 17.7 Å². The number of nitrogens with two attached hydrogens (primary N) is 1. The summed E-state index contributed by atoms with van der Waals surface area (Å²) in [6, 6.07) is 8.53. The second kappa shape index (κ2) is 6.45. The van der Waals surface area contributed by atoms with E-state index in [1.54, 1.807) is 11.8 Å². The van der Waals surface area contributed by atoms with Crippen molar-refractivity contribution < 1.29 is 0 Å². The van der Waals surface area contributed by atoms with E-state index in [0.717, 1.165) is 30.2 Å². The predicted octanol–water partition coefficient (Wildman–Crippen LogP) is 3.24. The Balaban J connectivity index is 1.77. The SMILES string of the molecule is Cc1ccc(SCc2nc3c(c(NN)n2)CCCC3)cc1. The Morgan fingerprint density at radius 2 is 1.90 bits per heavy atom. The number of anilines is 1. The fourth-order valence-electron chi connectivity index (χ4n) is 2.61. The van der Waals surface area contributed by atoms with Crippen molar-refractivity contribution in [2.24, 2.45) is 5.84 Å². The van der Waals surface area contributed by atoms with Gasteiger partial charge in [0.15, 0.2) is 0 Å². The van der Waals surface area contributed by atoms with Crippen molar-refractivity contribution in [2.75, 3.05) is 5.43 Å². The molecule has 0 bridgehead atoms. The molecule has 0 unspecified atom stereocenters. The van der Waals surface area contributed by atoms with Crippen LogP contribution in [0.2, 0.25) is 0 Å². The summed E-state index contributed by atoms with van der Waals surface area (Å²) in [5.41, 5.74) is 6.39. The van der Waals surface area contributed by atoms with E-state index in [1.165, 1.54) is 34.6 Å². The maximum Gasteiger partial charge on any atom is 0.147 e. The maximum atomic E-state index is 5.62. The fourth-order valence-corrected chi connectivity index (χ4v) is 3.36. The van der Waals surface area contributed by atoms with Gasteiger partial charge in [-0.2, -0.15) is 0 Å². The molecular formula is C16H20N4S. The van der Waals surface area contributed by atoms with Crippen LogP contribution in [-0.2, 0) is 18.6 Å². The largest absolute Gasteiger partial charge is 0.308 e. The van der Waals surface area contributed by atoms with E-state index in [0.29, 0.717) is 0 Å². The van der Waals surface area contributed by atoms with Crippen LogP contribution in [0, 0.1) is 6.92 Å². The van der Waals surface area contributed by atoms with Gasteiger partial charge in [0.2, 0.25) is 0 Å². The highest BCUT2D eigenvalue weighted by atomic mass is 32.2. The average Bonchev–Trinajstić information content (AvgIpc) is 2.53. The zero-order valence-corrected chi connectivity index (χ0v) is 13.0. The molecular weight excluding hydrogens is 280 g/mol. The average molecular weight is 300 g/mol. The molecule has 0 spiro atoms. The monoisotopic (exact) mass is 300 g/mol. The maximum absolute atomic E-state index is 5.62. The van der Waals surface area contributed by atoms with E-state index >= 15 is 0 Å². The molecule has 3 N–H and O–H groups in total. The summed E-state index contributed by atoms with van der Waals surface area (Å²) in [4.78, 5) is 10.5. The summed E-state index contributed by atoms with van der Waals surface area (Å²) in [5, 5.41) is 0. The van der Waals surface area contributed by atoms with Gasteiger partial charge in [-0.15, -0.1) is 11.8 Å². The second-order valence-corrected chi connectivity index (χ2v) is 6.42. The summed E-state index contributed by atoms with van der Waals surface area (Å²) in [6.45, 7) is 2.10. The van der Waals surface area contributed by atoms with Crippen LogP contribution < -0.4 is 11.3 Å². The van der Waals surface area contributed by atoms with Crippen molar-refractivity contribution in [1.29, 1.82) is 0 Å². The van der Waals surface area contributed by atoms with Crippen molar-refractivity contribution in [1.82, 2.24) is 9.97 Å². The normalized spacial score (nSPS) is 13.8. The molecule has 0 atom stereocenters. The van der Waals surface area contributed by atoms with Crippen LogP contribution in [0.5, 0.6) is 0 Å². The van der Waals surface area contributed by atoms with Gasteiger partial charge in [-0.05, 0) is 44.7 Å². The van der Waals surface area contributed by atoms with Gasteiger partial charge in [0.05, 0.1) is 5.75 Å². The van der Waals surface area contributed by atoms with Crippen LogP contribution in [-0.4, -0.2) is 9.97 Å². The van der Waals surface area contributed by atoms with Crippen molar-refractivity contribution in [3.63, 3.8) is 0 Å².